The molecule has 1 amide bonds. The van der Waals surface area contributed by atoms with Gasteiger partial charge in [-0.2, -0.15) is 0 Å². The van der Waals surface area contributed by atoms with Crippen molar-refractivity contribution < 1.29 is 23.8 Å². The number of nitrogens with zero attached hydrogens (tertiary/aromatic N) is 1. The number of halogens is 1. The van der Waals surface area contributed by atoms with Crippen molar-refractivity contribution in [3.05, 3.63) is 35.6 Å². The number of benzene rings is 1. The third-order valence-corrected chi connectivity index (χ3v) is 2.98. The number of carbonyl (C=O) groups excluding carboxylic acids is 1. The van der Waals surface area contributed by atoms with Crippen LogP contribution in [-0.4, -0.2) is 47.7 Å². The number of carbonyl (C=O) groups is 2. The maximum absolute atomic E-state index is 13.0. The molecule has 5 nitrogen and oxygen atoms in total. The minimum absolute atomic E-state index is 0.00970. The van der Waals surface area contributed by atoms with Crippen molar-refractivity contribution in [3.8, 4) is 0 Å². The summed E-state index contributed by atoms with van der Waals surface area (Å²) in [5, 5.41) is 9.03. The molecule has 1 aliphatic heterocycles. The van der Waals surface area contributed by atoms with Crippen LogP contribution in [-0.2, 0) is 20.7 Å². The molecule has 1 heterocycles. The van der Waals surface area contributed by atoms with Crippen molar-refractivity contribution in [1.29, 1.82) is 0 Å². The molecule has 0 aromatic heterocycles. The van der Waals surface area contributed by atoms with Crippen LogP contribution >= 0.6 is 0 Å². The number of hydrogen-bond donors (Lipinski definition) is 1. The summed E-state index contributed by atoms with van der Waals surface area (Å²) in [6, 6.07) is 4.76. The number of rotatable bonds is 3. The topological polar surface area (TPSA) is 66.8 Å². The predicted molar refractivity (Wildman–Crippen MR) is 64.1 cm³/mol. The maximum atomic E-state index is 13.0. The molecule has 0 unspecified atom stereocenters. The van der Waals surface area contributed by atoms with E-state index >= 15 is 0 Å². The Labute approximate surface area is 109 Å². The van der Waals surface area contributed by atoms with E-state index in [-0.39, 0.29) is 25.5 Å². The van der Waals surface area contributed by atoms with Gasteiger partial charge in [0.1, 0.15) is 5.82 Å². The fraction of sp³-hybridized carbons (Fsp3) is 0.385. The van der Waals surface area contributed by atoms with Crippen LogP contribution in [0, 0.1) is 5.82 Å². The molecule has 1 aliphatic rings. The fourth-order valence-electron chi connectivity index (χ4n) is 2.03. The summed E-state index contributed by atoms with van der Waals surface area (Å²) in [4.78, 5) is 24.4. The zero-order valence-electron chi connectivity index (χ0n) is 10.2. The molecule has 0 radical (unpaired) electrons. The third kappa shape index (κ3) is 3.29. The minimum Gasteiger partial charge on any atom is -0.480 e. The largest absolute Gasteiger partial charge is 0.480 e. The predicted octanol–water partition coefficient (Wildman–Crippen LogP) is 0.680. The Morgan fingerprint density at radius 3 is 2.95 bits per heavy atom. The first kappa shape index (κ1) is 13.5. The van der Waals surface area contributed by atoms with Gasteiger partial charge in [-0.3, -0.25) is 4.79 Å². The summed E-state index contributed by atoms with van der Waals surface area (Å²) >= 11 is 0. The van der Waals surface area contributed by atoms with Gasteiger partial charge in [-0.1, -0.05) is 12.1 Å². The second-order valence-corrected chi connectivity index (χ2v) is 4.32. The first-order valence-electron chi connectivity index (χ1n) is 5.92. The van der Waals surface area contributed by atoms with Gasteiger partial charge in [0.2, 0.25) is 5.91 Å². The van der Waals surface area contributed by atoms with Gasteiger partial charge in [0.05, 0.1) is 19.6 Å². The summed E-state index contributed by atoms with van der Waals surface area (Å²) in [6.45, 7) is 0.550. The van der Waals surface area contributed by atoms with Gasteiger partial charge >= 0.3 is 5.97 Å². The standard InChI is InChI=1S/C13H14FNO4/c14-10-3-1-2-9(6-10)7-12(16)15-4-5-19-8-11(15)13(17)18/h1-3,6,11H,4-5,7-8H2,(H,17,18)/t11-/m1/s1. The molecule has 0 saturated carbocycles. The molecule has 1 aromatic carbocycles. The van der Waals surface area contributed by atoms with Crippen molar-refractivity contribution in [3.63, 3.8) is 0 Å². The van der Waals surface area contributed by atoms with Gasteiger partial charge in [0.25, 0.3) is 0 Å². The molecule has 0 aliphatic carbocycles. The van der Waals surface area contributed by atoms with Crippen molar-refractivity contribution in [2.75, 3.05) is 19.8 Å². The van der Waals surface area contributed by atoms with Crippen molar-refractivity contribution in [2.45, 2.75) is 12.5 Å². The van der Waals surface area contributed by atoms with Crippen LogP contribution in [0.5, 0.6) is 0 Å². The summed E-state index contributed by atoms with van der Waals surface area (Å²) in [7, 11) is 0. The smallest absolute Gasteiger partial charge is 0.328 e. The zero-order chi connectivity index (χ0) is 13.8. The van der Waals surface area contributed by atoms with E-state index in [1.165, 1.54) is 23.1 Å². The number of aliphatic carboxylic acids is 1. The highest BCUT2D eigenvalue weighted by Gasteiger charge is 2.32. The second kappa shape index (κ2) is 5.79. The van der Waals surface area contributed by atoms with Gasteiger partial charge in [-0.15, -0.1) is 0 Å². The first-order valence-corrected chi connectivity index (χ1v) is 5.92. The molecule has 1 saturated heterocycles. The minimum atomic E-state index is -1.09. The number of hydrogen-bond acceptors (Lipinski definition) is 3. The molecule has 102 valence electrons. The molecular weight excluding hydrogens is 253 g/mol. The number of amides is 1. The Balaban J connectivity index is 2.07. The maximum Gasteiger partial charge on any atom is 0.328 e. The van der Waals surface area contributed by atoms with Gasteiger partial charge < -0.3 is 14.7 Å². The van der Waals surface area contributed by atoms with E-state index in [2.05, 4.69) is 0 Å². The molecule has 1 atom stereocenters. The van der Waals surface area contributed by atoms with Crippen molar-refractivity contribution in [1.82, 2.24) is 4.90 Å². The average molecular weight is 267 g/mol. The Morgan fingerprint density at radius 1 is 1.47 bits per heavy atom. The molecule has 6 heteroatoms. The third-order valence-electron chi connectivity index (χ3n) is 2.98. The Bertz CT molecular complexity index is 491. The lowest BCUT2D eigenvalue weighted by atomic mass is 10.1. The molecule has 1 N–H and O–H groups in total. The van der Waals surface area contributed by atoms with Gasteiger partial charge in [-0.05, 0) is 17.7 Å². The van der Waals surface area contributed by atoms with E-state index in [0.717, 1.165) is 0 Å². The van der Waals surface area contributed by atoms with E-state index in [0.29, 0.717) is 12.2 Å². The SMILES string of the molecule is O=C(O)[C@H]1COCCN1C(=O)Cc1cccc(F)c1. The highest BCUT2D eigenvalue weighted by Crippen LogP contribution is 2.12. The lowest BCUT2D eigenvalue weighted by Gasteiger charge is -2.32. The number of morpholine rings is 1. The molecule has 1 fully saturated rings. The molecule has 2 rings (SSSR count). The van der Waals surface area contributed by atoms with E-state index in [4.69, 9.17) is 9.84 Å². The van der Waals surface area contributed by atoms with Gasteiger partial charge in [0, 0.05) is 6.54 Å². The van der Waals surface area contributed by atoms with Crippen LogP contribution in [0.2, 0.25) is 0 Å². The number of carboxylic acids is 1. The van der Waals surface area contributed by atoms with Crippen LogP contribution in [0.25, 0.3) is 0 Å². The molecule has 0 bridgehead atoms. The molecule has 0 spiro atoms. The summed E-state index contributed by atoms with van der Waals surface area (Å²) in [6.07, 6.45) is -0.0124. The lowest BCUT2D eigenvalue weighted by molar-refractivity contribution is -0.158. The van der Waals surface area contributed by atoms with Crippen LogP contribution in [0.15, 0.2) is 24.3 Å². The summed E-state index contributed by atoms with van der Waals surface area (Å²) < 4.78 is 18.1. The number of carboxylic acid groups (broad SMARTS) is 1. The quantitative estimate of drug-likeness (QED) is 0.874. The van der Waals surface area contributed by atoms with E-state index < -0.39 is 17.8 Å². The van der Waals surface area contributed by atoms with Crippen molar-refractivity contribution >= 4 is 11.9 Å². The fourth-order valence-corrected chi connectivity index (χ4v) is 2.03. The highest BCUT2D eigenvalue weighted by atomic mass is 19.1. The van der Waals surface area contributed by atoms with Crippen molar-refractivity contribution in [2.24, 2.45) is 0 Å². The Morgan fingerprint density at radius 2 is 2.26 bits per heavy atom. The zero-order valence-corrected chi connectivity index (χ0v) is 10.2. The normalized spacial score (nSPS) is 19.2. The average Bonchev–Trinajstić information content (AvgIpc) is 2.38. The monoisotopic (exact) mass is 267 g/mol. The number of ether oxygens (including phenoxy) is 1. The van der Waals surface area contributed by atoms with Gasteiger partial charge in [0.15, 0.2) is 6.04 Å². The van der Waals surface area contributed by atoms with Crippen LogP contribution < -0.4 is 0 Å². The summed E-state index contributed by atoms with van der Waals surface area (Å²) in [5.41, 5.74) is 0.528. The molecular formula is C13H14FNO4. The first-order chi connectivity index (χ1) is 9.08. The van der Waals surface area contributed by atoms with Crippen LogP contribution in [0.1, 0.15) is 5.56 Å². The van der Waals surface area contributed by atoms with Crippen LogP contribution in [0.4, 0.5) is 4.39 Å². The molecule has 1 aromatic rings. The summed E-state index contributed by atoms with van der Waals surface area (Å²) in [5.74, 6) is -1.84. The highest BCUT2D eigenvalue weighted by molar-refractivity contribution is 5.85. The lowest BCUT2D eigenvalue weighted by Crippen LogP contribution is -2.53. The van der Waals surface area contributed by atoms with E-state index in [9.17, 15) is 14.0 Å². The Kier molecular flexibility index (Phi) is 4.11. The van der Waals surface area contributed by atoms with E-state index in [1.54, 1.807) is 6.07 Å². The van der Waals surface area contributed by atoms with Crippen LogP contribution in [0.3, 0.4) is 0 Å². The van der Waals surface area contributed by atoms with Gasteiger partial charge in [-0.25, -0.2) is 9.18 Å². The molecule has 19 heavy (non-hydrogen) atoms. The van der Waals surface area contributed by atoms with E-state index in [1.807, 2.05) is 0 Å². The Hall–Kier alpha value is -1.95. The second-order valence-electron chi connectivity index (χ2n) is 4.32.